The molecule has 2 atom stereocenters. The number of oxime groups is 1. The number of methoxy groups -OCH3 is 1. The summed E-state index contributed by atoms with van der Waals surface area (Å²) in [6.07, 6.45) is 3.73. The molecular weight excluding hydrogens is 883 g/mol. The first-order valence-corrected chi connectivity index (χ1v) is 23.3. The quantitative estimate of drug-likeness (QED) is 0.0194. The van der Waals surface area contributed by atoms with Gasteiger partial charge in [0.05, 0.1) is 7.11 Å². The maximum Gasteiger partial charge on any atom is 0.355 e. The van der Waals surface area contributed by atoms with Gasteiger partial charge in [0.25, 0.3) is 17.0 Å². The molecule has 2 N–H and O–H groups in total. The monoisotopic (exact) mass is 924 g/mol. The number of hydrogen-bond acceptors (Lipinski definition) is 14. The standard InChI is InChI=1S/C48H41N7O7S3/c1-54-24-23-38-36(25-54)50-47(62-38)65-28-31-27-63-44-40(43(57)55(44)41(31)45(58)61-26-30-19-21-35(59-2)22-20-30)51-42(56)39(53-60-3)37-29-64-46(49-37)52-48(32-13-7-4-8-14-32,33-15-9-5-10-16-33)34-17-11-6-12-18-34/h4-25,29,40,44H,26-28H2,1-3H3,(H-,49,51,52,56)/p+1/b53-39-/t40?,44-/m0/s1. The summed E-state index contributed by atoms with van der Waals surface area (Å²) in [7, 11) is 4.82. The Morgan fingerprint density at radius 2 is 1.58 bits per heavy atom. The molecule has 0 bridgehead atoms. The van der Waals surface area contributed by atoms with Crippen LogP contribution in [0.5, 0.6) is 5.75 Å². The predicted molar refractivity (Wildman–Crippen MR) is 249 cm³/mol. The van der Waals surface area contributed by atoms with E-state index in [-0.39, 0.29) is 23.7 Å². The number of fused-ring (bicyclic) bond motifs is 2. The number of hydrogen-bond donors (Lipinski definition) is 2. The first-order valence-electron chi connectivity index (χ1n) is 20.4. The highest BCUT2D eigenvalue weighted by Gasteiger charge is 2.55. The number of nitrogens with zero attached hydrogens (tertiary/aromatic N) is 5. The van der Waals surface area contributed by atoms with Crippen LogP contribution in [0.25, 0.3) is 11.1 Å². The average Bonchev–Trinajstić information content (AvgIpc) is 3.99. The number of nitrogens with one attached hydrogen (secondary N) is 2. The van der Waals surface area contributed by atoms with E-state index in [0.29, 0.717) is 44.3 Å². The summed E-state index contributed by atoms with van der Waals surface area (Å²) in [5.74, 6) is -0.450. The number of β-lactam (4-membered cyclic amide) rings is 1. The fraction of sp³-hybridized carbons (Fsp3) is 0.188. The number of thiazole rings is 1. The third-order valence-corrected chi connectivity index (χ3v) is 13.9. The van der Waals surface area contributed by atoms with Gasteiger partial charge in [-0.05, 0) is 40.0 Å². The zero-order chi connectivity index (χ0) is 44.9. The van der Waals surface area contributed by atoms with E-state index in [4.69, 9.17) is 23.7 Å². The molecule has 17 heteroatoms. The largest absolute Gasteiger partial charge is 0.497 e. The Hall–Kier alpha value is -6.95. The van der Waals surface area contributed by atoms with Crippen molar-refractivity contribution in [3.63, 3.8) is 0 Å². The Bertz CT molecular complexity index is 2810. The number of benzene rings is 4. The normalized spacial score (nSPS) is 16.1. The molecule has 1 fully saturated rings. The van der Waals surface area contributed by atoms with E-state index in [2.05, 4.69) is 57.2 Å². The van der Waals surface area contributed by atoms with E-state index >= 15 is 0 Å². The third-order valence-electron chi connectivity index (χ3n) is 10.9. The number of amides is 2. The van der Waals surface area contributed by atoms with E-state index in [9.17, 15) is 14.4 Å². The van der Waals surface area contributed by atoms with Crippen LogP contribution >= 0.6 is 34.9 Å². The van der Waals surface area contributed by atoms with Crippen LogP contribution < -0.4 is 19.9 Å². The second kappa shape index (κ2) is 19.0. The predicted octanol–water partition coefficient (Wildman–Crippen LogP) is 7.06. The molecule has 2 aliphatic rings. The molecule has 2 amide bonds. The van der Waals surface area contributed by atoms with Crippen LogP contribution in [0.15, 0.2) is 165 Å². The Labute approximate surface area is 386 Å². The van der Waals surface area contributed by atoms with Crippen LogP contribution in [-0.2, 0) is 43.2 Å². The minimum atomic E-state index is -0.982. The molecule has 1 saturated heterocycles. The minimum Gasteiger partial charge on any atom is -0.497 e. The van der Waals surface area contributed by atoms with Gasteiger partial charge >= 0.3 is 5.97 Å². The summed E-state index contributed by atoms with van der Waals surface area (Å²) in [6.45, 7) is -0.0284. The van der Waals surface area contributed by atoms with Crippen molar-refractivity contribution in [1.82, 2.24) is 20.2 Å². The molecule has 2 aliphatic heterocycles. The summed E-state index contributed by atoms with van der Waals surface area (Å²) in [4.78, 5) is 58.4. The summed E-state index contributed by atoms with van der Waals surface area (Å²) in [5.41, 5.74) is 5.09. The molecule has 0 spiro atoms. The molecule has 3 aromatic heterocycles. The van der Waals surface area contributed by atoms with Gasteiger partial charge in [0.1, 0.15) is 54.9 Å². The number of pyridine rings is 1. The molecule has 4 aromatic carbocycles. The van der Waals surface area contributed by atoms with Crippen LogP contribution in [-0.4, -0.2) is 75.5 Å². The number of rotatable bonds is 16. The molecule has 328 valence electrons. The lowest BCUT2D eigenvalue weighted by atomic mass is 9.77. The van der Waals surface area contributed by atoms with Crippen LogP contribution in [0, 0.1) is 0 Å². The number of thioether (sulfide) groups is 2. The van der Waals surface area contributed by atoms with Gasteiger partial charge in [0.15, 0.2) is 34.3 Å². The highest BCUT2D eigenvalue weighted by atomic mass is 32.2. The maximum atomic E-state index is 14.2. The summed E-state index contributed by atoms with van der Waals surface area (Å²) < 4.78 is 18.9. The highest BCUT2D eigenvalue weighted by molar-refractivity contribution is 8.01. The van der Waals surface area contributed by atoms with Gasteiger partial charge in [0, 0.05) is 23.0 Å². The van der Waals surface area contributed by atoms with E-state index in [1.165, 1.54) is 46.9 Å². The van der Waals surface area contributed by atoms with Crippen molar-refractivity contribution >= 4 is 74.6 Å². The van der Waals surface area contributed by atoms with Crippen molar-refractivity contribution in [3.8, 4) is 5.75 Å². The number of anilines is 1. The zero-order valence-electron chi connectivity index (χ0n) is 35.4. The summed E-state index contributed by atoms with van der Waals surface area (Å²) >= 11 is 4.05. The van der Waals surface area contributed by atoms with Gasteiger partial charge in [-0.25, -0.2) is 14.3 Å². The third kappa shape index (κ3) is 8.81. The topological polar surface area (TPSA) is 161 Å². The van der Waals surface area contributed by atoms with Crippen LogP contribution in [0.2, 0.25) is 0 Å². The average molecular weight is 925 g/mol. The molecule has 0 saturated carbocycles. The van der Waals surface area contributed by atoms with E-state index in [1.54, 1.807) is 36.8 Å². The highest BCUT2D eigenvalue weighted by Crippen LogP contribution is 2.43. The molecule has 9 rings (SSSR count). The Morgan fingerprint density at radius 3 is 2.22 bits per heavy atom. The number of ether oxygens (including phenoxy) is 2. The second-order valence-corrected chi connectivity index (χ2v) is 17.9. The van der Waals surface area contributed by atoms with Crippen LogP contribution in [0.1, 0.15) is 27.9 Å². The molecule has 14 nitrogen and oxygen atoms in total. The molecule has 0 aliphatic carbocycles. The van der Waals surface area contributed by atoms with Crippen molar-refractivity contribution in [3.05, 3.63) is 178 Å². The number of esters is 1. The Morgan fingerprint density at radius 1 is 0.923 bits per heavy atom. The Balaban J connectivity index is 0.956. The van der Waals surface area contributed by atoms with E-state index in [1.807, 2.05) is 84.7 Å². The van der Waals surface area contributed by atoms with Crippen molar-refractivity contribution < 1.29 is 37.7 Å². The Kier molecular flexibility index (Phi) is 12.7. The SMILES string of the molecule is CO/N=C(\C(=O)NC1C(=O)N2C(C(=O)OCc3ccc(OC)cc3)=C(CSc3nc4c[n+](C)ccc4o3)CS[C@@H]12)c1csc(NC(c2ccccc2)(c2ccccc2)c2ccccc2)n1. The summed E-state index contributed by atoms with van der Waals surface area (Å²) in [6, 6.07) is 38.3. The molecule has 1 unspecified atom stereocenters. The van der Waals surface area contributed by atoms with Gasteiger partial charge in [-0.3, -0.25) is 14.5 Å². The number of aromatic nitrogens is 3. The minimum absolute atomic E-state index is 0.0284. The van der Waals surface area contributed by atoms with Gasteiger partial charge in [0.2, 0.25) is 0 Å². The lowest BCUT2D eigenvalue weighted by molar-refractivity contribution is -0.670. The van der Waals surface area contributed by atoms with Gasteiger partial charge in [-0.2, -0.15) is 4.98 Å². The van der Waals surface area contributed by atoms with Gasteiger partial charge < -0.3 is 29.4 Å². The molecular formula is C48H42N7O7S3+. The van der Waals surface area contributed by atoms with Crippen molar-refractivity contribution in [2.24, 2.45) is 12.2 Å². The first-order chi connectivity index (χ1) is 31.7. The number of aryl methyl sites for hydroxylation is 1. The fourth-order valence-corrected chi connectivity index (χ4v) is 10.8. The number of oxazole rings is 1. The van der Waals surface area contributed by atoms with Gasteiger partial charge in [-0.1, -0.05) is 120 Å². The van der Waals surface area contributed by atoms with E-state index < -0.39 is 34.7 Å². The number of carbonyl (C=O) groups excluding carboxylic acids is 3. The number of carbonyl (C=O) groups is 3. The second-order valence-electron chi connectivity index (χ2n) is 15.0. The van der Waals surface area contributed by atoms with E-state index in [0.717, 1.165) is 22.3 Å². The van der Waals surface area contributed by atoms with Gasteiger partial charge in [-0.15, -0.1) is 23.1 Å². The molecule has 7 aromatic rings. The van der Waals surface area contributed by atoms with Crippen LogP contribution in [0.3, 0.4) is 0 Å². The maximum absolute atomic E-state index is 14.2. The smallest absolute Gasteiger partial charge is 0.355 e. The molecule has 65 heavy (non-hydrogen) atoms. The molecule has 5 heterocycles. The van der Waals surface area contributed by atoms with Crippen LogP contribution in [0.4, 0.5) is 5.13 Å². The van der Waals surface area contributed by atoms with Crippen molar-refractivity contribution in [2.45, 2.75) is 28.8 Å². The molecule has 0 radical (unpaired) electrons. The lowest BCUT2D eigenvalue weighted by Crippen LogP contribution is -2.71. The zero-order valence-corrected chi connectivity index (χ0v) is 37.8. The summed E-state index contributed by atoms with van der Waals surface area (Å²) in [5, 5.41) is 12.7. The first kappa shape index (κ1) is 43.3. The van der Waals surface area contributed by atoms with Crippen molar-refractivity contribution in [1.29, 1.82) is 0 Å². The lowest BCUT2D eigenvalue weighted by Gasteiger charge is -2.49. The fourth-order valence-electron chi connectivity index (χ4n) is 7.77. The van der Waals surface area contributed by atoms with Crippen molar-refractivity contribution in [2.75, 3.05) is 31.0 Å².